The first-order valence-electron chi connectivity index (χ1n) is 6.46. The van der Waals surface area contributed by atoms with Gasteiger partial charge >= 0.3 is 0 Å². The number of carbonyl (C=O) groups excluding carboxylic acids is 2. The van der Waals surface area contributed by atoms with Crippen LogP contribution in [0.4, 0.5) is 4.39 Å². The predicted molar refractivity (Wildman–Crippen MR) is 77.0 cm³/mol. The van der Waals surface area contributed by atoms with Gasteiger partial charge in [-0.05, 0) is 17.7 Å². The minimum atomic E-state index is -0.889. The number of primary amides is 1. The highest BCUT2D eigenvalue weighted by Crippen LogP contribution is 2.08. The van der Waals surface area contributed by atoms with E-state index in [4.69, 9.17) is 5.73 Å². The maximum atomic E-state index is 13.5. The van der Waals surface area contributed by atoms with Crippen LogP contribution in [0.1, 0.15) is 15.9 Å². The normalized spacial score (nSPS) is 11.7. The summed E-state index contributed by atoms with van der Waals surface area (Å²) in [5.74, 6) is -1.96. The van der Waals surface area contributed by atoms with E-state index in [1.165, 1.54) is 18.2 Å². The second-order valence-electron chi connectivity index (χ2n) is 4.60. The molecule has 0 aliphatic heterocycles. The van der Waals surface area contributed by atoms with E-state index >= 15 is 0 Å². The third-order valence-electron chi connectivity index (χ3n) is 3.05. The van der Waals surface area contributed by atoms with Crippen LogP contribution in [-0.2, 0) is 11.2 Å². The van der Waals surface area contributed by atoms with E-state index in [-0.39, 0.29) is 12.0 Å². The third kappa shape index (κ3) is 3.89. The van der Waals surface area contributed by atoms with Gasteiger partial charge in [-0.15, -0.1) is 0 Å². The van der Waals surface area contributed by atoms with Crippen molar-refractivity contribution in [2.75, 3.05) is 0 Å². The number of rotatable bonds is 5. The molecule has 108 valence electrons. The monoisotopic (exact) mass is 286 g/mol. The van der Waals surface area contributed by atoms with Gasteiger partial charge in [-0.25, -0.2) is 4.39 Å². The van der Waals surface area contributed by atoms with Crippen LogP contribution in [0.25, 0.3) is 0 Å². The van der Waals surface area contributed by atoms with Crippen molar-refractivity contribution in [1.29, 1.82) is 0 Å². The van der Waals surface area contributed by atoms with Crippen molar-refractivity contribution >= 4 is 11.8 Å². The molecule has 0 fully saturated rings. The van der Waals surface area contributed by atoms with E-state index < -0.39 is 23.7 Å². The van der Waals surface area contributed by atoms with Crippen molar-refractivity contribution < 1.29 is 14.0 Å². The van der Waals surface area contributed by atoms with Gasteiger partial charge in [0.1, 0.15) is 11.9 Å². The minimum absolute atomic E-state index is 0.114. The van der Waals surface area contributed by atoms with E-state index in [0.29, 0.717) is 0 Å². The van der Waals surface area contributed by atoms with Crippen molar-refractivity contribution in [3.8, 4) is 0 Å². The molecule has 0 saturated heterocycles. The Kier molecular flexibility index (Phi) is 4.66. The van der Waals surface area contributed by atoms with Crippen LogP contribution in [0.3, 0.4) is 0 Å². The number of carbonyl (C=O) groups is 2. The molecule has 1 atom stereocenters. The Morgan fingerprint density at radius 1 is 1.05 bits per heavy atom. The van der Waals surface area contributed by atoms with Crippen LogP contribution >= 0.6 is 0 Å². The lowest BCUT2D eigenvalue weighted by Gasteiger charge is -2.15. The summed E-state index contributed by atoms with van der Waals surface area (Å²) in [5.41, 5.74) is 6.04. The van der Waals surface area contributed by atoms with Gasteiger partial charge in [-0.3, -0.25) is 9.59 Å². The van der Waals surface area contributed by atoms with Crippen molar-refractivity contribution in [2.24, 2.45) is 5.73 Å². The maximum absolute atomic E-state index is 13.5. The molecular weight excluding hydrogens is 271 g/mol. The molecule has 0 aliphatic rings. The average molecular weight is 286 g/mol. The lowest BCUT2D eigenvalue weighted by molar-refractivity contribution is -0.119. The van der Waals surface area contributed by atoms with Crippen LogP contribution in [0, 0.1) is 5.82 Å². The molecule has 0 spiro atoms. The minimum Gasteiger partial charge on any atom is -0.368 e. The van der Waals surface area contributed by atoms with E-state index in [1.807, 2.05) is 30.3 Å². The molecule has 4 nitrogen and oxygen atoms in total. The van der Waals surface area contributed by atoms with Gasteiger partial charge < -0.3 is 11.1 Å². The fourth-order valence-electron chi connectivity index (χ4n) is 1.95. The fraction of sp³-hybridized carbons (Fsp3) is 0.125. The molecular formula is C16H15FN2O2. The fourth-order valence-corrected chi connectivity index (χ4v) is 1.95. The van der Waals surface area contributed by atoms with Gasteiger partial charge in [0.2, 0.25) is 5.91 Å². The van der Waals surface area contributed by atoms with Crippen LogP contribution < -0.4 is 11.1 Å². The van der Waals surface area contributed by atoms with Crippen LogP contribution in [0.2, 0.25) is 0 Å². The number of hydrogen-bond donors (Lipinski definition) is 2. The molecule has 3 N–H and O–H groups in total. The molecule has 2 aromatic carbocycles. The molecule has 0 saturated carbocycles. The predicted octanol–water partition coefficient (Wildman–Crippen LogP) is 1.65. The van der Waals surface area contributed by atoms with E-state index in [0.717, 1.165) is 5.56 Å². The van der Waals surface area contributed by atoms with Crippen molar-refractivity contribution in [3.05, 3.63) is 71.5 Å². The topological polar surface area (TPSA) is 72.2 Å². The summed E-state index contributed by atoms with van der Waals surface area (Å²) in [6.07, 6.45) is 0.260. The highest BCUT2D eigenvalue weighted by Gasteiger charge is 2.20. The summed E-state index contributed by atoms with van der Waals surface area (Å²) in [6.45, 7) is 0. The number of halogens is 1. The summed E-state index contributed by atoms with van der Waals surface area (Å²) < 4.78 is 13.5. The molecule has 2 amide bonds. The smallest absolute Gasteiger partial charge is 0.254 e. The zero-order chi connectivity index (χ0) is 15.2. The molecule has 0 heterocycles. The van der Waals surface area contributed by atoms with Gasteiger partial charge in [-0.1, -0.05) is 42.5 Å². The number of amides is 2. The number of nitrogens with one attached hydrogen (secondary N) is 1. The van der Waals surface area contributed by atoms with Crippen LogP contribution in [0.15, 0.2) is 54.6 Å². The zero-order valence-electron chi connectivity index (χ0n) is 11.3. The largest absolute Gasteiger partial charge is 0.368 e. The molecule has 5 heteroatoms. The SMILES string of the molecule is NC(=O)[C@H](Cc1ccccc1)NC(=O)c1ccccc1F. The third-order valence-corrected chi connectivity index (χ3v) is 3.05. The maximum Gasteiger partial charge on any atom is 0.254 e. The Hall–Kier alpha value is -2.69. The van der Waals surface area contributed by atoms with Gasteiger partial charge in [0.05, 0.1) is 5.56 Å². The first-order chi connectivity index (χ1) is 10.1. The summed E-state index contributed by atoms with van der Waals surface area (Å²) >= 11 is 0. The lowest BCUT2D eigenvalue weighted by atomic mass is 10.0. The quantitative estimate of drug-likeness (QED) is 0.877. The van der Waals surface area contributed by atoms with E-state index in [1.54, 1.807) is 6.07 Å². The lowest BCUT2D eigenvalue weighted by Crippen LogP contribution is -2.46. The number of hydrogen-bond acceptors (Lipinski definition) is 2. The van der Waals surface area contributed by atoms with Crippen molar-refractivity contribution in [3.63, 3.8) is 0 Å². The molecule has 0 radical (unpaired) electrons. The highest BCUT2D eigenvalue weighted by atomic mass is 19.1. The molecule has 0 bridgehead atoms. The van der Waals surface area contributed by atoms with E-state index in [2.05, 4.69) is 5.32 Å². The van der Waals surface area contributed by atoms with Crippen molar-refractivity contribution in [2.45, 2.75) is 12.5 Å². The Balaban J connectivity index is 2.12. The Bertz CT molecular complexity index is 644. The second kappa shape index (κ2) is 6.65. The first-order valence-corrected chi connectivity index (χ1v) is 6.46. The van der Waals surface area contributed by atoms with Gasteiger partial charge in [0.25, 0.3) is 5.91 Å². The Morgan fingerprint density at radius 3 is 2.29 bits per heavy atom. The summed E-state index contributed by atoms with van der Waals surface area (Å²) in [5, 5.41) is 2.47. The first kappa shape index (κ1) is 14.7. The molecule has 0 aromatic heterocycles. The summed E-state index contributed by atoms with van der Waals surface area (Å²) in [4.78, 5) is 23.5. The van der Waals surface area contributed by atoms with Gasteiger partial charge in [-0.2, -0.15) is 0 Å². The standard InChI is InChI=1S/C16H15FN2O2/c17-13-9-5-4-8-12(13)16(21)19-14(15(18)20)10-11-6-2-1-3-7-11/h1-9,14H,10H2,(H2,18,20)(H,19,21)/t14-/m0/s1. The van der Waals surface area contributed by atoms with Crippen molar-refractivity contribution in [1.82, 2.24) is 5.32 Å². The average Bonchev–Trinajstić information content (AvgIpc) is 2.48. The molecule has 0 aliphatic carbocycles. The number of benzene rings is 2. The summed E-state index contributed by atoms with van der Waals surface area (Å²) in [6, 6.07) is 13.8. The van der Waals surface area contributed by atoms with Crippen LogP contribution in [-0.4, -0.2) is 17.9 Å². The molecule has 2 rings (SSSR count). The Labute approximate surface area is 121 Å². The second-order valence-corrected chi connectivity index (χ2v) is 4.60. The Morgan fingerprint density at radius 2 is 1.67 bits per heavy atom. The molecule has 2 aromatic rings. The zero-order valence-corrected chi connectivity index (χ0v) is 11.3. The highest BCUT2D eigenvalue weighted by molar-refractivity contribution is 5.97. The molecule has 0 unspecified atom stereocenters. The molecule has 21 heavy (non-hydrogen) atoms. The van der Waals surface area contributed by atoms with E-state index in [9.17, 15) is 14.0 Å². The van der Waals surface area contributed by atoms with Gasteiger partial charge in [0, 0.05) is 6.42 Å². The van der Waals surface area contributed by atoms with Gasteiger partial charge in [0.15, 0.2) is 0 Å². The summed E-state index contributed by atoms with van der Waals surface area (Å²) in [7, 11) is 0. The van der Waals surface area contributed by atoms with Crippen LogP contribution in [0.5, 0.6) is 0 Å². The number of nitrogens with two attached hydrogens (primary N) is 1.